The number of carbonyl (C=O) groups is 2. The van der Waals surface area contributed by atoms with Crippen LogP contribution in [0.4, 0.5) is 0 Å². The third-order valence-electron chi connectivity index (χ3n) is 2.96. The molecule has 0 heterocycles. The van der Waals surface area contributed by atoms with Crippen molar-refractivity contribution in [1.29, 1.82) is 0 Å². The molecule has 10 heteroatoms. The van der Waals surface area contributed by atoms with Crippen LogP contribution in [0.2, 0.25) is 0 Å². The van der Waals surface area contributed by atoms with E-state index in [1.807, 2.05) is 0 Å². The zero-order chi connectivity index (χ0) is 21.8. The average Bonchev–Trinajstić information content (AvgIpc) is 2.62. The van der Waals surface area contributed by atoms with Crippen LogP contribution in [0.15, 0.2) is 0 Å². The van der Waals surface area contributed by atoms with Crippen LogP contribution in [0.5, 0.6) is 0 Å². The van der Waals surface area contributed by atoms with E-state index in [0.717, 1.165) is 0 Å². The van der Waals surface area contributed by atoms with Gasteiger partial charge in [0.05, 0.1) is 79.1 Å². The fraction of sp³-hybridized carbons (Fsp3) is 0.895. The monoisotopic (exact) mass is 424 g/mol. The number of hydrogen-bond donors (Lipinski definition) is 1. The summed E-state index contributed by atoms with van der Waals surface area (Å²) in [6, 6.07) is 0. The van der Waals surface area contributed by atoms with Crippen molar-refractivity contribution in [3.63, 3.8) is 0 Å². The van der Waals surface area contributed by atoms with Crippen molar-refractivity contribution in [2.24, 2.45) is 0 Å². The van der Waals surface area contributed by atoms with Gasteiger partial charge in [0, 0.05) is 0 Å². The van der Waals surface area contributed by atoms with Gasteiger partial charge in [-0.15, -0.1) is 0 Å². The Morgan fingerprint density at radius 1 is 0.621 bits per heavy atom. The highest BCUT2D eigenvalue weighted by Crippen LogP contribution is 2.06. The maximum atomic E-state index is 11.4. The minimum Gasteiger partial charge on any atom is -0.481 e. The Kier molecular flexibility index (Phi) is 17.9. The molecule has 0 aromatic rings. The predicted octanol–water partition coefficient (Wildman–Crippen LogP) is 0.902. The van der Waals surface area contributed by atoms with Crippen LogP contribution in [0, 0.1) is 0 Å². The predicted molar refractivity (Wildman–Crippen MR) is 103 cm³/mol. The molecular weight excluding hydrogens is 388 g/mol. The molecule has 1 N–H and O–H groups in total. The van der Waals surface area contributed by atoms with E-state index in [2.05, 4.69) is 0 Å². The molecule has 0 bridgehead atoms. The number of aliphatic carboxylic acids is 1. The van der Waals surface area contributed by atoms with Crippen molar-refractivity contribution in [3.05, 3.63) is 0 Å². The SMILES string of the molecule is CC(C)(C)OC(=O)COCCOCCOCCOCCOCCOCCC(=O)O. The lowest BCUT2D eigenvalue weighted by atomic mass is 10.2. The first-order valence-corrected chi connectivity index (χ1v) is 9.71. The van der Waals surface area contributed by atoms with Crippen LogP contribution in [0.25, 0.3) is 0 Å². The van der Waals surface area contributed by atoms with E-state index < -0.39 is 17.5 Å². The van der Waals surface area contributed by atoms with Crippen LogP contribution < -0.4 is 0 Å². The molecule has 0 aromatic heterocycles. The Labute approximate surface area is 172 Å². The summed E-state index contributed by atoms with van der Waals surface area (Å²) in [6.45, 7) is 9.64. The summed E-state index contributed by atoms with van der Waals surface area (Å²) in [6.07, 6.45) is -0.00394. The molecule has 0 aliphatic rings. The summed E-state index contributed by atoms with van der Waals surface area (Å²) < 4.78 is 36.6. The minimum absolute atomic E-state index is 0.00394. The lowest BCUT2D eigenvalue weighted by Gasteiger charge is -2.19. The van der Waals surface area contributed by atoms with E-state index in [0.29, 0.717) is 66.1 Å². The van der Waals surface area contributed by atoms with Gasteiger partial charge in [-0.2, -0.15) is 0 Å². The molecule has 0 saturated carbocycles. The van der Waals surface area contributed by atoms with Crippen LogP contribution in [-0.4, -0.2) is 102 Å². The van der Waals surface area contributed by atoms with Gasteiger partial charge < -0.3 is 38.3 Å². The van der Waals surface area contributed by atoms with Crippen molar-refractivity contribution >= 4 is 11.9 Å². The van der Waals surface area contributed by atoms with E-state index in [9.17, 15) is 9.59 Å². The average molecular weight is 424 g/mol. The van der Waals surface area contributed by atoms with Gasteiger partial charge in [-0.3, -0.25) is 4.79 Å². The minimum atomic E-state index is -0.877. The Morgan fingerprint density at radius 3 is 1.31 bits per heavy atom. The van der Waals surface area contributed by atoms with E-state index in [1.54, 1.807) is 20.8 Å². The molecule has 0 aliphatic carbocycles. The highest BCUT2D eigenvalue weighted by molar-refractivity contribution is 5.71. The number of carboxylic acids is 1. The quantitative estimate of drug-likeness (QED) is 0.223. The molecule has 0 amide bonds. The number of carbonyl (C=O) groups excluding carboxylic acids is 1. The molecule has 0 rings (SSSR count). The maximum absolute atomic E-state index is 11.4. The molecule has 0 aliphatic heterocycles. The zero-order valence-electron chi connectivity index (χ0n) is 17.8. The maximum Gasteiger partial charge on any atom is 0.332 e. The van der Waals surface area contributed by atoms with Crippen molar-refractivity contribution in [2.75, 3.05) is 79.3 Å². The Hall–Kier alpha value is -1.30. The summed E-state index contributed by atoms with van der Waals surface area (Å²) in [4.78, 5) is 21.7. The van der Waals surface area contributed by atoms with E-state index in [-0.39, 0.29) is 19.6 Å². The molecule has 0 saturated heterocycles. The van der Waals surface area contributed by atoms with Crippen LogP contribution in [-0.2, 0) is 42.7 Å². The number of carboxylic acid groups (broad SMARTS) is 1. The Morgan fingerprint density at radius 2 is 0.966 bits per heavy atom. The van der Waals surface area contributed by atoms with Gasteiger partial charge in [0.1, 0.15) is 12.2 Å². The second kappa shape index (κ2) is 18.7. The van der Waals surface area contributed by atoms with Gasteiger partial charge in [0.25, 0.3) is 0 Å². The van der Waals surface area contributed by atoms with Gasteiger partial charge in [0.15, 0.2) is 0 Å². The van der Waals surface area contributed by atoms with Crippen molar-refractivity contribution in [3.8, 4) is 0 Å². The van der Waals surface area contributed by atoms with Crippen LogP contribution >= 0.6 is 0 Å². The third-order valence-corrected chi connectivity index (χ3v) is 2.96. The van der Waals surface area contributed by atoms with Gasteiger partial charge >= 0.3 is 11.9 Å². The molecule has 10 nitrogen and oxygen atoms in total. The van der Waals surface area contributed by atoms with Gasteiger partial charge in [0.2, 0.25) is 0 Å². The first kappa shape index (κ1) is 27.7. The first-order chi connectivity index (χ1) is 13.8. The molecule has 0 atom stereocenters. The third kappa shape index (κ3) is 24.7. The number of ether oxygens (including phenoxy) is 7. The largest absolute Gasteiger partial charge is 0.481 e. The molecule has 0 spiro atoms. The Balaban J connectivity index is 3.14. The van der Waals surface area contributed by atoms with E-state index in [4.69, 9.17) is 38.3 Å². The van der Waals surface area contributed by atoms with Crippen molar-refractivity contribution in [1.82, 2.24) is 0 Å². The topological polar surface area (TPSA) is 119 Å². The number of esters is 1. The highest BCUT2D eigenvalue weighted by atomic mass is 16.6. The second-order valence-corrected chi connectivity index (χ2v) is 6.84. The summed E-state index contributed by atoms with van der Waals surface area (Å²) in [7, 11) is 0. The summed E-state index contributed by atoms with van der Waals surface area (Å²) in [5.74, 6) is -1.27. The molecule has 172 valence electrons. The first-order valence-electron chi connectivity index (χ1n) is 9.71. The van der Waals surface area contributed by atoms with E-state index >= 15 is 0 Å². The highest BCUT2D eigenvalue weighted by Gasteiger charge is 2.15. The summed E-state index contributed by atoms with van der Waals surface area (Å²) in [5, 5.41) is 8.43. The molecule has 0 radical (unpaired) electrons. The summed E-state index contributed by atoms with van der Waals surface area (Å²) >= 11 is 0. The lowest BCUT2D eigenvalue weighted by Crippen LogP contribution is -2.27. The number of hydrogen-bond acceptors (Lipinski definition) is 9. The van der Waals surface area contributed by atoms with Gasteiger partial charge in [-0.05, 0) is 20.8 Å². The van der Waals surface area contributed by atoms with Gasteiger partial charge in [-0.25, -0.2) is 4.79 Å². The van der Waals surface area contributed by atoms with Crippen molar-refractivity contribution in [2.45, 2.75) is 32.8 Å². The molecule has 0 aromatic carbocycles. The van der Waals surface area contributed by atoms with E-state index in [1.165, 1.54) is 0 Å². The lowest BCUT2D eigenvalue weighted by molar-refractivity contribution is -0.160. The summed E-state index contributed by atoms with van der Waals surface area (Å²) in [5.41, 5.74) is -0.509. The standard InChI is InChI=1S/C19H36O10/c1-19(2,3)29-18(22)16-28-15-14-27-13-12-26-11-10-25-9-8-24-7-6-23-5-4-17(20)21/h4-16H2,1-3H3,(H,20,21). The van der Waals surface area contributed by atoms with Crippen LogP contribution in [0.3, 0.4) is 0 Å². The van der Waals surface area contributed by atoms with Crippen molar-refractivity contribution < 1.29 is 47.9 Å². The molecular formula is C19H36O10. The smallest absolute Gasteiger partial charge is 0.332 e. The zero-order valence-corrected chi connectivity index (χ0v) is 17.8. The molecule has 29 heavy (non-hydrogen) atoms. The normalized spacial score (nSPS) is 11.6. The molecule has 0 fully saturated rings. The number of rotatable bonds is 20. The van der Waals surface area contributed by atoms with Crippen LogP contribution in [0.1, 0.15) is 27.2 Å². The molecule has 0 unspecified atom stereocenters. The fourth-order valence-electron chi connectivity index (χ4n) is 1.79. The fourth-order valence-corrected chi connectivity index (χ4v) is 1.79. The second-order valence-electron chi connectivity index (χ2n) is 6.84. The van der Waals surface area contributed by atoms with Gasteiger partial charge in [-0.1, -0.05) is 0 Å². The Bertz CT molecular complexity index is 408.